The van der Waals surface area contributed by atoms with Crippen molar-refractivity contribution in [3.8, 4) is 0 Å². The summed E-state index contributed by atoms with van der Waals surface area (Å²) in [6.45, 7) is 3.31. The minimum atomic E-state index is -0.515. The zero-order valence-electron chi connectivity index (χ0n) is 15.5. The number of rotatable bonds is 8. The Bertz CT molecular complexity index is 773. The molecule has 0 bridgehead atoms. The predicted molar refractivity (Wildman–Crippen MR) is 102 cm³/mol. The molecule has 0 spiro atoms. The highest BCUT2D eigenvalue weighted by Gasteiger charge is 2.17. The highest BCUT2D eigenvalue weighted by molar-refractivity contribution is 5.83. The van der Waals surface area contributed by atoms with E-state index in [2.05, 4.69) is 10.6 Å². The molecule has 1 atom stereocenters. The Morgan fingerprint density at radius 2 is 1.67 bits per heavy atom. The molecular formula is C21H24N2O4. The van der Waals surface area contributed by atoms with E-state index in [-0.39, 0.29) is 31.4 Å². The summed E-state index contributed by atoms with van der Waals surface area (Å²) in [7, 11) is 0. The lowest BCUT2D eigenvalue weighted by Crippen LogP contribution is -2.35. The number of hydrogen-bond acceptors (Lipinski definition) is 4. The molecule has 0 radical (unpaired) electrons. The van der Waals surface area contributed by atoms with E-state index in [9.17, 15) is 14.4 Å². The first-order valence-electron chi connectivity index (χ1n) is 8.74. The molecule has 2 N–H and O–H groups in total. The summed E-state index contributed by atoms with van der Waals surface area (Å²) in [5, 5.41) is 5.30. The second-order valence-electron chi connectivity index (χ2n) is 6.29. The molecule has 0 heterocycles. The molecule has 0 aromatic heterocycles. The minimum absolute atomic E-state index is 0.0363. The molecule has 0 aliphatic heterocycles. The van der Waals surface area contributed by atoms with Crippen LogP contribution in [0.3, 0.4) is 0 Å². The van der Waals surface area contributed by atoms with Crippen LogP contribution in [0, 0.1) is 6.92 Å². The zero-order valence-corrected chi connectivity index (χ0v) is 15.5. The standard InChI is InChI=1S/C21H24N2O4/c1-15-8-10-18(11-9-15)19(23-16(2)24)12-20(25)22-13-21(26)27-14-17-6-4-3-5-7-17/h3-11,19H,12-14H2,1-2H3,(H,22,25)(H,23,24). The smallest absolute Gasteiger partial charge is 0.325 e. The molecule has 142 valence electrons. The zero-order chi connectivity index (χ0) is 19.6. The normalized spacial score (nSPS) is 11.3. The molecule has 1 unspecified atom stereocenters. The number of benzene rings is 2. The van der Waals surface area contributed by atoms with Crippen molar-refractivity contribution in [2.75, 3.05) is 6.54 Å². The first-order chi connectivity index (χ1) is 12.9. The van der Waals surface area contributed by atoms with E-state index in [0.717, 1.165) is 16.7 Å². The van der Waals surface area contributed by atoms with Gasteiger partial charge in [-0.1, -0.05) is 60.2 Å². The Kier molecular flexibility index (Phi) is 7.55. The lowest BCUT2D eigenvalue weighted by atomic mass is 10.0. The van der Waals surface area contributed by atoms with E-state index in [1.165, 1.54) is 6.92 Å². The van der Waals surface area contributed by atoms with Crippen LogP contribution in [0.4, 0.5) is 0 Å². The predicted octanol–water partition coefficient (Wildman–Crippen LogP) is 2.42. The van der Waals surface area contributed by atoms with Crippen LogP contribution in [0.1, 0.15) is 36.1 Å². The second kappa shape index (κ2) is 10.1. The van der Waals surface area contributed by atoms with Gasteiger partial charge in [-0.2, -0.15) is 0 Å². The fraction of sp³-hybridized carbons (Fsp3) is 0.286. The SMILES string of the molecule is CC(=O)NC(CC(=O)NCC(=O)OCc1ccccc1)c1ccc(C)cc1. The average molecular weight is 368 g/mol. The summed E-state index contributed by atoms with van der Waals surface area (Å²) < 4.78 is 5.12. The molecule has 2 amide bonds. The third-order valence-electron chi connectivity index (χ3n) is 3.92. The number of carbonyl (C=O) groups is 3. The first kappa shape index (κ1) is 20.2. The van der Waals surface area contributed by atoms with Crippen LogP contribution < -0.4 is 10.6 Å². The number of amides is 2. The molecule has 0 saturated heterocycles. The van der Waals surface area contributed by atoms with Gasteiger partial charge in [-0.05, 0) is 18.1 Å². The number of carbonyl (C=O) groups excluding carboxylic acids is 3. The highest BCUT2D eigenvalue weighted by atomic mass is 16.5. The van der Waals surface area contributed by atoms with Gasteiger partial charge in [0, 0.05) is 6.92 Å². The van der Waals surface area contributed by atoms with Gasteiger partial charge >= 0.3 is 5.97 Å². The first-order valence-corrected chi connectivity index (χ1v) is 8.74. The quantitative estimate of drug-likeness (QED) is 0.701. The van der Waals surface area contributed by atoms with E-state index in [1.54, 1.807) is 0 Å². The average Bonchev–Trinajstić information content (AvgIpc) is 2.65. The fourth-order valence-corrected chi connectivity index (χ4v) is 2.51. The highest BCUT2D eigenvalue weighted by Crippen LogP contribution is 2.17. The van der Waals surface area contributed by atoms with Crippen molar-refractivity contribution in [3.63, 3.8) is 0 Å². The van der Waals surface area contributed by atoms with Gasteiger partial charge in [0.1, 0.15) is 13.2 Å². The summed E-state index contributed by atoms with van der Waals surface area (Å²) in [5.74, 6) is -1.08. The summed E-state index contributed by atoms with van der Waals surface area (Å²) in [5.41, 5.74) is 2.80. The minimum Gasteiger partial charge on any atom is -0.460 e. The van der Waals surface area contributed by atoms with Crippen molar-refractivity contribution >= 4 is 17.8 Å². The third-order valence-corrected chi connectivity index (χ3v) is 3.92. The van der Waals surface area contributed by atoms with E-state index >= 15 is 0 Å². The molecule has 2 rings (SSSR count). The topological polar surface area (TPSA) is 84.5 Å². The van der Waals surface area contributed by atoms with E-state index < -0.39 is 12.0 Å². The van der Waals surface area contributed by atoms with Gasteiger partial charge in [0.15, 0.2) is 0 Å². The third kappa shape index (κ3) is 7.32. The van der Waals surface area contributed by atoms with Crippen LogP contribution >= 0.6 is 0 Å². The van der Waals surface area contributed by atoms with Crippen LogP contribution in [0.2, 0.25) is 0 Å². The summed E-state index contributed by atoms with van der Waals surface area (Å²) in [6.07, 6.45) is 0.0363. The van der Waals surface area contributed by atoms with Crippen molar-refractivity contribution < 1.29 is 19.1 Å². The van der Waals surface area contributed by atoms with Crippen molar-refractivity contribution in [2.24, 2.45) is 0 Å². The van der Waals surface area contributed by atoms with Gasteiger partial charge in [-0.15, -0.1) is 0 Å². The largest absolute Gasteiger partial charge is 0.460 e. The van der Waals surface area contributed by atoms with Crippen LogP contribution in [-0.4, -0.2) is 24.3 Å². The molecule has 27 heavy (non-hydrogen) atoms. The van der Waals surface area contributed by atoms with Gasteiger partial charge in [-0.25, -0.2) is 0 Å². The van der Waals surface area contributed by atoms with E-state index in [4.69, 9.17) is 4.74 Å². The fourth-order valence-electron chi connectivity index (χ4n) is 2.51. The molecule has 0 aliphatic carbocycles. The Morgan fingerprint density at radius 1 is 1.00 bits per heavy atom. The Balaban J connectivity index is 1.83. The van der Waals surface area contributed by atoms with Gasteiger partial charge < -0.3 is 15.4 Å². The second-order valence-corrected chi connectivity index (χ2v) is 6.29. The maximum Gasteiger partial charge on any atom is 0.325 e. The lowest BCUT2D eigenvalue weighted by molar-refractivity contribution is -0.145. The monoisotopic (exact) mass is 368 g/mol. The Morgan fingerprint density at radius 3 is 2.30 bits per heavy atom. The van der Waals surface area contributed by atoms with Gasteiger partial charge in [0.25, 0.3) is 0 Å². The number of aryl methyl sites for hydroxylation is 1. The number of ether oxygens (including phenoxy) is 1. The van der Waals surface area contributed by atoms with Gasteiger partial charge in [0.2, 0.25) is 11.8 Å². The maximum atomic E-state index is 12.2. The molecule has 6 nitrogen and oxygen atoms in total. The molecule has 0 saturated carbocycles. The molecule has 6 heteroatoms. The van der Waals surface area contributed by atoms with Crippen molar-refractivity contribution in [1.82, 2.24) is 10.6 Å². The molecule has 2 aromatic carbocycles. The summed E-state index contributed by atoms with van der Waals surface area (Å²) in [6, 6.07) is 16.4. The van der Waals surface area contributed by atoms with Crippen molar-refractivity contribution in [3.05, 3.63) is 71.3 Å². The number of esters is 1. The lowest BCUT2D eigenvalue weighted by Gasteiger charge is -2.18. The number of hydrogen-bond donors (Lipinski definition) is 2. The molecule has 0 aliphatic rings. The Hall–Kier alpha value is -3.15. The number of nitrogens with one attached hydrogen (secondary N) is 2. The molecule has 2 aromatic rings. The van der Waals surface area contributed by atoms with E-state index in [0.29, 0.717) is 0 Å². The van der Waals surface area contributed by atoms with Crippen LogP contribution in [-0.2, 0) is 25.7 Å². The molecule has 0 fully saturated rings. The van der Waals surface area contributed by atoms with Gasteiger partial charge in [0.05, 0.1) is 12.5 Å². The van der Waals surface area contributed by atoms with E-state index in [1.807, 2.05) is 61.5 Å². The van der Waals surface area contributed by atoms with Crippen LogP contribution in [0.5, 0.6) is 0 Å². The van der Waals surface area contributed by atoms with Crippen molar-refractivity contribution in [1.29, 1.82) is 0 Å². The van der Waals surface area contributed by atoms with Crippen LogP contribution in [0.25, 0.3) is 0 Å². The van der Waals surface area contributed by atoms with Gasteiger partial charge in [-0.3, -0.25) is 14.4 Å². The van der Waals surface area contributed by atoms with Crippen LogP contribution in [0.15, 0.2) is 54.6 Å². The maximum absolute atomic E-state index is 12.2. The van der Waals surface area contributed by atoms with Crippen molar-refractivity contribution in [2.45, 2.75) is 32.9 Å². The Labute approximate surface area is 158 Å². The summed E-state index contributed by atoms with van der Waals surface area (Å²) in [4.78, 5) is 35.4. The molecular weight excluding hydrogens is 344 g/mol. The summed E-state index contributed by atoms with van der Waals surface area (Å²) >= 11 is 0.